The van der Waals surface area contributed by atoms with Gasteiger partial charge in [0.1, 0.15) is 0 Å². The number of amides is 4. The molecule has 0 aromatic heterocycles. The third-order valence-electron chi connectivity index (χ3n) is 6.73. The van der Waals surface area contributed by atoms with Gasteiger partial charge in [-0.05, 0) is 24.3 Å². The molecule has 0 saturated carbocycles. The van der Waals surface area contributed by atoms with Crippen molar-refractivity contribution >= 4 is 40.8 Å². The quantitative estimate of drug-likeness (QED) is 0.287. The van der Waals surface area contributed by atoms with Gasteiger partial charge in [-0.3, -0.25) is 9.80 Å². The van der Waals surface area contributed by atoms with E-state index in [2.05, 4.69) is 14.4 Å². The van der Waals surface area contributed by atoms with E-state index in [1.165, 1.54) is 36.0 Å². The first-order valence-electron chi connectivity index (χ1n) is 12.4. The van der Waals surface area contributed by atoms with Crippen molar-refractivity contribution in [1.82, 2.24) is 9.80 Å². The van der Waals surface area contributed by atoms with Gasteiger partial charge in [-0.2, -0.15) is 26.3 Å². The van der Waals surface area contributed by atoms with Gasteiger partial charge < -0.3 is 19.6 Å². The van der Waals surface area contributed by atoms with Gasteiger partial charge in [-0.15, -0.1) is 0 Å². The van der Waals surface area contributed by atoms with Crippen LogP contribution in [0.4, 0.5) is 58.7 Å². The van der Waals surface area contributed by atoms with Gasteiger partial charge in [-0.25, -0.2) is 24.1 Å². The monoisotopic (exact) mass is 626 g/mol. The summed E-state index contributed by atoms with van der Waals surface area (Å²) in [4.78, 5) is 46.2. The summed E-state index contributed by atoms with van der Waals surface area (Å²) in [5.74, 6) is -0.731. The molecule has 0 unspecified atom stereocenters. The average Bonchev–Trinajstić information content (AvgIpc) is 3.44. The zero-order valence-electron chi connectivity index (χ0n) is 23.3. The number of urea groups is 2. The molecule has 234 valence electrons. The summed E-state index contributed by atoms with van der Waals surface area (Å²) in [6.07, 6.45) is -9.43. The molecule has 2 aromatic carbocycles. The van der Waals surface area contributed by atoms with Crippen LogP contribution in [0.5, 0.6) is 0 Å². The summed E-state index contributed by atoms with van der Waals surface area (Å²) < 4.78 is 82.6. The molecular weight excluding hydrogens is 602 g/mol. The maximum absolute atomic E-state index is 13.0. The van der Waals surface area contributed by atoms with Crippen LogP contribution in [0, 0.1) is 13.1 Å². The minimum absolute atomic E-state index is 0.00255. The number of halogens is 6. The normalized spacial score (nSPS) is 18.5. The lowest BCUT2D eigenvalue weighted by Crippen LogP contribution is -2.40. The number of alkyl halides is 6. The number of ether oxygens (including phenoxy) is 1. The van der Waals surface area contributed by atoms with E-state index in [1.54, 1.807) is 0 Å². The molecule has 0 spiro atoms. The van der Waals surface area contributed by atoms with Crippen LogP contribution in [0.3, 0.4) is 0 Å². The van der Waals surface area contributed by atoms with Crippen LogP contribution in [-0.4, -0.2) is 85.9 Å². The highest BCUT2D eigenvalue weighted by atomic mass is 19.4. The maximum Gasteiger partial charge on any atom is 0.407 e. The highest BCUT2D eigenvalue weighted by Gasteiger charge is 2.43. The lowest BCUT2D eigenvalue weighted by molar-refractivity contribution is -0.141. The molecule has 44 heavy (non-hydrogen) atoms. The standard InChI is InChI=1S/C14H12F3N3O3.C13H12F3N3O2/c1-18-10-5-4-8(6-9(10)14(15,16)17)20-11(12(21)23-3)7-19(2)13(20)22;1-17-11-4-3-8(5-10(11)13(14,15)16)19-9(7-20)6-18(2)12(19)21/h4-6,11H,7H2,2-3H3;3-5,9,20H,6-7H2,2H3/t11-;9-/m11/s1. The van der Waals surface area contributed by atoms with Gasteiger partial charge in [0.2, 0.25) is 0 Å². The number of rotatable bonds is 4. The smallest absolute Gasteiger partial charge is 0.407 e. The van der Waals surface area contributed by atoms with E-state index in [0.29, 0.717) is 6.07 Å². The molecule has 2 saturated heterocycles. The second-order valence-electron chi connectivity index (χ2n) is 9.56. The number of anilines is 2. The molecule has 11 nitrogen and oxygen atoms in total. The lowest BCUT2D eigenvalue weighted by atomic mass is 10.1. The summed E-state index contributed by atoms with van der Waals surface area (Å²) in [6, 6.07) is 3.20. The molecule has 2 heterocycles. The van der Waals surface area contributed by atoms with Crippen LogP contribution in [0.2, 0.25) is 0 Å². The zero-order valence-corrected chi connectivity index (χ0v) is 23.3. The first-order chi connectivity index (χ1) is 20.5. The molecule has 2 atom stereocenters. The third kappa shape index (κ3) is 6.63. The van der Waals surface area contributed by atoms with Gasteiger partial charge in [0.05, 0.1) is 50.6 Å². The Morgan fingerprint density at radius 3 is 1.70 bits per heavy atom. The number of carbonyl (C=O) groups is 3. The molecule has 2 aliphatic rings. The van der Waals surface area contributed by atoms with Crippen LogP contribution < -0.4 is 9.80 Å². The fourth-order valence-electron chi connectivity index (χ4n) is 4.62. The van der Waals surface area contributed by atoms with E-state index in [9.17, 15) is 45.8 Å². The first-order valence-corrected chi connectivity index (χ1v) is 12.4. The average molecular weight is 627 g/mol. The van der Waals surface area contributed by atoms with Gasteiger partial charge >= 0.3 is 30.4 Å². The number of likely N-dealkylation sites (N-methyl/N-ethyl adjacent to an activating group) is 2. The van der Waals surface area contributed by atoms with Gasteiger partial charge in [0.15, 0.2) is 17.4 Å². The summed E-state index contributed by atoms with van der Waals surface area (Å²) in [6.45, 7) is 13.5. The van der Waals surface area contributed by atoms with Crippen molar-refractivity contribution in [3.8, 4) is 0 Å². The van der Waals surface area contributed by atoms with E-state index < -0.39 is 65.0 Å². The van der Waals surface area contributed by atoms with Crippen LogP contribution in [-0.2, 0) is 21.9 Å². The predicted octanol–water partition coefficient (Wildman–Crippen LogP) is 5.16. The van der Waals surface area contributed by atoms with Crippen LogP contribution in [0.15, 0.2) is 36.4 Å². The number of benzene rings is 2. The number of methoxy groups -OCH3 is 1. The molecule has 0 radical (unpaired) electrons. The summed E-state index contributed by atoms with van der Waals surface area (Å²) >= 11 is 0. The number of aliphatic hydroxyl groups excluding tert-OH is 1. The topological polar surface area (TPSA) is 102 Å². The summed E-state index contributed by atoms with van der Waals surface area (Å²) in [5, 5.41) is 9.27. The fraction of sp³-hybridized carbons (Fsp3) is 0.370. The van der Waals surface area contributed by atoms with E-state index in [0.717, 1.165) is 35.1 Å². The Morgan fingerprint density at radius 1 is 0.864 bits per heavy atom. The molecule has 1 N–H and O–H groups in total. The molecule has 0 aliphatic carbocycles. The van der Waals surface area contributed by atoms with E-state index in [-0.39, 0.29) is 31.1 Å². The molecule has 0 bridgehead atoms. The van der Waals surface area contributed by atoms with Crippen LogP contribution >= 0.6 is 0 Å². The lowest BCUT2D eigenvalue weighted by Gasteiger charge is -2.23. The van der Waals surface area contributed by atoms with Gasteiger partial charge in [0, 0.05) is 32.0 Å². The SMILES string of the molecule is [C-]#[N+]c1ccc(N2C(=O)N(C)C[C@@H]2C(=O)OC)cc1C(F)(F)F.[C-]#[N+]c1ccc(N2C(=O)N(C)C[C@@H]2CO)cc1C(F)(F)F. The Bertz CT molecular complexity index is 1530. The Morgan fingerprint density at radius 2 is 1.30 bits per heavy atom. The summed E-state index contributed by atoms with van der Waals surface area (Å²) in [7, 11) is 4.06. The number of hydrogen-bond acceptors (Lipinski definition) is 5. The van der Waals surface area contributed by atoms with Crippen molar-refractivity contribution < 1.29 is 50.6 Å². The number of nitrogens with zero attached hydrogens (tertiary/aromatic N) is 6. The van der Waals surface area contributed by atoms with Crippen molar-refractivity contribution in [2.24, 2.45) is 0 Å². The molecule has 4 rings (SSSR count). The Labute approximate surface area is 247 Å². The molecule has 2 aromatic rings. The van der Waals surface area contributed by atoms with E-state index in [1.807, 2.05) is 0 Å². The zero-order chi connectivity index (χ0) is 33.1. The minimum atomic E-state index is -4.74. The fourth-order valence-corrected chi connectivity index (χ4v) is 4.62. The number of carbonyl (C=O) groups excluding carboxylic acids is 3. The van der Waals surface area contributed by atoms with Crippen LogP contribution in [0.25, 0.3) is 9.69 Å². The van der Waals surface area contributed by atoms with E-state index in [4.69, 9.17) is 13.1 Å². The largest absolute Gasteiger partial charge is 0.467 e. The third-order valence-corrected chi connectivity index (χ3v) is 6.73. The highest BCUT2D eigenvalue weighted by Crippen LogP contribution is 2.41. The molecular formula is C27H24F6N6O5. The second-order valence-corrected chi connectivity index (χ2v) is 9.56. The number of aliphatic hydroxyl groups is 1. The Kier molecular flexibility index (Phi) is 9.65. The van der Waals surface area contributed by atoms with Crippen LogP contribution in [0.1, 0.15) is 11.1 Å². The van der Waals surface area contributed by atoms with Crippen molar-refractivity contribution in [2.75, 3.05) is 50.7 Å². The highest BCUT2D eigenvalue weighted by molar-refractivity contribution is 6.02. The Hall–Kier alpha value is -5.03. The second kappa shape index (κ2) is 12.7. The number of esters is 1. The maximum atomic E-state index is 13.0. The minimum Gasteiger partial charge on any atom is -0.467 e. The number of hydrogen-bond donors (Lipinski definition) is 1. The van der Waals surface area contributed by atoms with Crippen molar-refractivity contribution in [2.45, 2.75) is 24.4 Å². The summed E-state index contributed by atoms with van der Waals surface area (Å²) in [5.41, 5.74) is -3.44. The molecule has 2 aliphatic heterocycles. The van der Waals surface area contributed by atoms with Gasteiger partial charge in [-0.1, -0.05) is 12.1 Å². The molecule has 2 fully saturated rings. The van der Waals surface area contributed by atoms with Crippen molar-refractivity contribution in [3.05, 3.63) is 70.4 Å². The van der Waals surface area contributed by atoms with Crippen molar-refractivity contribution in [1.29, 1.82) is 0 Å². The Balaban J connectivity index is 0.000000241. The van der Waals surface area contributed by atoms with Crippen molar-refractivity contribution in [3.63, 3.8) is 0 Å². The molecule has 4 amide bonds. The predicted molar refractivity (Wildman–Crippen MR) is 143 cm³/mol. The van der Waals surface area contributed by atoms with Gasteiger partial charge in [0.25, 0.3) is 0 Å². The van der Waals surface area contributed by atoms with E-state index >= 15 is 0 Å². The first kappa shape index (κ1) is 33.5. The molecule has 17 heteroatoms.